The summed E-state index contributed by atoms with van der Waals surface area (Å²) in [6, 6.07) is 18.4. The van der Waals surface area contributed by atoms with Gasteiger partial charge in [0.25, 0.3) is 11.6 Å². The molecule has 1 amide bonds. The smallest absolute Gasteiger partial charge is 0.269 e. The first-order valence-electron chi connectivity index (χ1n) is 11.6. The first-order valence-corrected chi connectivity index (χ1v) is 12.4. The Kier molecular flexibility index (Phi) is 7.88. The zero-order valence-corrected chi connectivity index (χ0v) is 20.9. The van der Waals surface area contributed by atoms with Gasteiger partial charge in [-0.3, -0.25) is 14.9 Å². The fourth-order valence-corrected chi connectivity index (χ4v) is 4.99. The minimum Gasteiger partial charge on any atom is -0.376 e. The molecule has 4 rings (SSSR count). The van der Waals surface area contributed by atoms with Gasteiger partial charge in [0.1, 0.15) is 11.6 Å². The molecule has 184 valence electrons. The van der Waals surface area contributed by atoms with E-state index in [0.29, 0.717) is 13.2 Å². The first-order chi connectivity index (χ1) is 17.4. The molecule has 0 radical (unpaired) electrons. The maximum absolute atomic E-state index is 12.5. The van der Waals surface area contributed by atoms with E-state index in [1.54, 1.807) is 18.2 Å². The summed E-state index contributed by atoms with van der Waals surface area (Å²) < 4.78 is 7.61. The summed E-state index contributed by atoms with van der Waals surface area (Å²) in [5, 5.41) is 23.2. The Labute approximate surface area is 213 Å². The van der Waals surface area contributed by atoms with E-state index < -0.39 is 10.8 Å². The van der Waals surface area contributed by atoms with Gasteiger partial charge in [0.05, 0.1) is 11.0 Å². The molecule has 1 atom stereocenters. The molecule has 3 aromatic rings. The molecule has 0 aliphatic carbocycles. The Bertz CT molecular complexity index is 1330. The Morgan fingerprint density at radius 1 is 1.22 bits per heavy atom. The zero-order valence-electron chi connectivity index (χ0n) is 20.1. The standard InChI is InChI=1S/C27H26N4O4S/c1-18-14-20(15-21(16-28)27(32)29-17-24-4-3-13-35-24)19(2)30(18)22-5-9-25(10-6-22)36-26-11-7-23(8-12-26)31(33)34/h5-12,14-15,24H,3-4,13,17H2,1-2H3,(H,29,32)/b21-15+/t24-/m0/s1. The summed E-state index contributed by atoms with van der Waals surface area (Å²) in [7, 11) is 0. The SMILES string of the molecule is Cc1cc(/C=C(\C#N)C(=O)NC[C@@H]2CCCO2)c(C)n1-c1ccc(Sc2ccc([N+](=O)[O-])cc2)cc1. The van der Waals surface area contributed by atoms with Crippen LogP contribution in [0.2, 0.25) is 0 Å². The highest BCUT2D eigenvalue weighted by Crippen LogP contribution is 2.30. The Balaban J connectivity index is 1.48. The van der Waals surface area contributed by atoms with E-state index >= 15 is 0 Å². The van der Waals surface area contributed by atoms with E-state index in [-0.39, 0.29) is 17.4 Å². The lowest BCUT2D eigenvalue weighted by Crippen LogP contribution is -2.32. The van der Waals surface area contributed by atoms with Crippen molar-refractivity contribution in [3.8, 4) is 11.8 Å². The van der Waals surface area contributed by atoms with Crippen LogP contribution in [0.1, 0.15) is 29.8 Å². The van der Waals surface area contributed by atoms with Crippen LogP contribution in [0, 0.1) is 35.3 Å². The van der Waals surface area contributed by atoms with Crippen molar-refractivity contribution in [3.63, 3.8) is 0 Å². The van der Waals surface area contributed by atoms with Crippen LogP contribution in [0.3, 0.4) is 0 Å². The van der Waals surface area contributed by atoms with Crippen LogP contribution in [0.5, 0.6) is 0 Å². The number of aryl methyl sites for hydroxylation is 1. The predicted molar refractivity (Wildman–Crippen MR) is 138 cm³/mol. The van der Waals surface area contributed by atoms with E-state index in [1.165, 1.54) is 23.9 Å². The maximum Gasteiger partial charge on any atom is 0.269 e. The molecule has 1 aromatic heterocycles. The summed E-state index contributed by atoms with van der Waals surface area (Å²) in [5.41, 5.74) is 3.79. The molecule has 0 saturated carbocycles. The third-order valence-corrected chi connectivity index (χ3v) is 7.04. The number of nitriles is 1. The molecule has 2 heterocycles. The van der Waals surface area contributed by atoms with Crippen LogP contribution in [0.15, 0.2) is 70.0 Å². The highest BCUT2D eigenvalue weighted by molar-refractivity contribution is 7.99. The molecule has 1 aliphatic rings. The highest BCUT2D eigenvalue weighted by Gasteiger charge is 2.18. The maximum atomic E-state index is 12.5. The monoisotopic (exact) mass is 502 g/mol. The number of nitro benzene ring substituents is 1. The number of benzene rings is 2. The average Bonchev–Trinajstić information content (AvgIpc) is 3.49. The van der Waals surface area contributed by atoms with Crippen molar-refractivity contribution >= 4 is 29.4 Å². The number of nitro groups is 1. The van der Waals surface area contributed by atoms with Gasteiger partial charge in [-0.2, -0.15) is 5.26 Å². The largest absolute Gasteiger partial charge is 0.376 e. The van der Waals surface area contributed by atoms with Gasteiger partial charge in [-0.05, 0) is 80.8 Å². The molecular weight excluding hydrogens is 476 g/mol. The van der Waals surface area contributed by atoms with Gasteiger partial charge in [0.2, 0.25) is 0 Å². The molecule has 9 heteroatoms. The summed E-state index contributed by atoms with van der Waals surface area (Å²) in [4.78, 5) is 24.9. The van der Waals surface area contributed by atoms with Crippen molar-refractivity contribution in [1.82, 2.24) is 9.88 Å². The van der Waals surface area contributed by atoms with Crippen LogP contribution in [-0.2, 0) is 9.53 Å². The number of non-ortho nitro benzene ring substituents is 1. The summed E-state index contributed by atoms with van der Waals surface area (Å²) in [6.45, 7) is 5.05. The van der Waals surface area contributed by atoms with Gasteiger partial charge in [0.15, 0.2) is 0 Å². The molecule has 0 unspecified atom stereocenters. The minimum absolute atomic E-state index is 0.0144. The Morgan fingerprint density at radius 2 is 1.89 bits per heavy atom. The van der Waals surface area contributed by atoms with Crippen LogP contribution in [0.25, 0.3) is 11.8 Å². The second-order valence-corrected chi connectivity index (χ2v) is 9.67. The lowest BCUT2D eigenvalue weighted by Gasteiger charge is -2.11. The normalized spacial score (nSPS) is 15.5. The quantitative estimate of drug-likeness (QED) is 0.192. The van der Waals surface area contributed by atoms with Crippen molar-refractivity contribution in [2.75, 3.05) is 13.2 Å². The van der Waals surface area contributed by atoms with Gasteiger partial charge in [-0.1, -0.05) is 11.8 Å². The lowest BCUT2D eigenvalue weighted by molar-refractivity contribution is -0.384. The molecule has 1 N–H and O–H groups in total. The molecule has 1 aliphatic heterocycles. The number of hydrogen-bond acceptors (Lipinski definition) is 6. The molecule has 36 heavy (non-hydrogen) atoms. The molecular formula is C27H26N4O4S. The molecule has 0 bridgehead atoms. The number of nitrogens with one attached hydrogen (secondary N) is 1. The van der Waals surface area contributed by atoms with Crippen molar-refractivity contribution in [2.45, 2.75) is 42.6 Å². The van der Waals surface area contributed by atoms with Crippen molar-refractivity contribution in [2.24, 2.45) is 0 Å². The molecule has 8 nitrogen and oxygen atoms in total. The van der Waals surface area contributed by atoms with E-state index in [0.717, 1.165) is 45.3 Å². The van der Waals surface area contributed by atoms with Crippen LogP contribution in [0.4, 0.5) is 5.69 Å². The van der Waals surface area contributed by atoms with Gasteiger partial charge in [-0.15, -0.1) is 0 Å². The first kappa shape index (κ1) is 25.2. The Hall–Kier alpha value is -3.87. The van der Waals surface area contributed by atoms with E-state index in [2.05, 4.69) is 9.88 Å². The number of rotatable bonds is 8. The fourth-order valence-electron chi connectivity index (χ4n) is 4.18. The summed E-state index contributed by atoms with van der Waals surface area (Å²) in [5.74, 6) is -0.398. The number of nitrogens with zero attached hydrogens (tertiary/aromatic N) is 3. The predicted octanol–water partition coefficient (Wildman–Crippen LogP) is 5.36. The van der Waals surface area contributed by atoms with Crippen molar-refractivity contribution in [1.29, 1.82) is 5.26 Å². The number of ether oxygens (including phenoxy) is 1. The van der Waals surface area contributed by atoms with Crippen LogP contribution in [-0.4, -0.2) is 34.7 Å². The minimum atomic E-state index is -0.411. The van der Waals surface area contributed by atoms with E-state index in [9.17, 15) is 20.2 Å². The molecule has 2 aromatic carbocycles. The van der Waals surface area contributed by atoms with Gasteiger partial charge in [-0.25, -0.2) is 0 Å². The summed E-state index contributed by atoms with van der Waals surface area (Å²) in [6.07, 6.45) is 3.55. The van der Waals surface area contributed by atoms with Gasteiger partial charge < -0.3 is 14.6 Å². The number of carbonyl (C=O) groups excluding carboxylic acids is 1. The highest BCUT2D eigenvalue weighted by atomic mass is 32.2. The second-order valence-electron chi connectivity index (χ2n) is 8.52. The van der Waals surface area contributed by atoms with Gasteiger partial charge >= 0.3 is 0 Å². The van der Waals surface area contributed by atoms with E-state index in [1.807, 2.05) is 50.2 Å². The molecule has 1 fully saturated rings. The van der Waals surface area contributed by atoms with Gasteiger partial charge in [0, 0.05) is 52.2 Å². The Morgan fingerprint density at radius 3 is 2.47 bits per heavy atom. The summed E-state index contributed by atoms with van der Waals surface area (Å²) >= 11 is 1.52. The third kappa shape index (κ3) is 5.85. The molecule has 1 saturated heterocycles. The van der Waals surface area contributed by atoms with Crippen LogP contribution < -0.4 is 5.32 Å². The number of amides is 1. The fraction of sp³-hybridized carbons (Fsp3) is 0.259. The molecule has 0 spiro atoms. The average molecular weight is 503 g/mol. The van der Waals surface area contributed by atoms with Crippen molar-refractivity contribution < 1.29 is 14.5 Å². The number of hydrogen-bond donors (Lipinski definition) is 1. The zero-order chi connectivity index (χ0) is 25.7. The van der Waals surface area contributed by atoms with E-state index in [4.69, 9.17) is 4.74 Å². The number of aromatic nitrogens is 1. The van der Waals surface area contributed by atoms with Crippen LogP contribution >= 0.6 is 11.8 Å². The number of carbonyl (C=O) groups is 1. The lowest BCUT2D eigenvalue weighted by atomic mass is 10.1. The topological polar surface area (TPSA) is 110 Å². The second kappa shape index (κ2) is 11.2. The third-order valence-electron chi connectivity index (χ3n) is 6.03. The van der Waals surface area contributed by atoms with Crippen molar-refractivity contribution in [3.05, 3.63) is 87.2 Å².